The van der Waals surface area contributed by atoms with Crippen LogP contribution in [-0.4, -0.2) is 19.0 Å². The first kappa shape index (κ1) is 17.3. The van der Waals surface area contributed by atoms with Gasteiger partial charge in [0.25, 0.3) is 0 Å². The van der Waals surface area contributed by atoms with Gasteiger partial charge in [0.05, 0.1) is 5.41 Å². The van der Waals surface area contributed by atoms with Crippen LogP contribution >= 0.6 is 11.6 Å². The van der Waals surface area contributed by atoms with E-state index in [1.54, 1.807) is 31.3 Å². The molecule has 0 atom stereocenters. The quantitative estimate of drug-likeness (QED) is 0.769. The summed E-state index contributed by atoms with van der Waals surface area (Å²) < 4.78 is 0. The van der Waals surface area contributed by atoms with Gasteiger partial charge in [-0.25, -0.2) is 4.79 Å². The Morgan fingerprint density at radius 1 is 1.00 bits per heavy atom. The summed E-state index contributed by atoms with van der Waals surface area (Å²) in [6, 6.07) is 14.3. The van der Waals surface area contributed by atoms with Crippen molar-refractivity contribution < 1.29 is 9.59 Å². The average Bonchev–Trinajstić information content (AvgIpc) is 2.55. The number of anilines is 2. The number of amides is 3. The topological polar surface area (TPSA) is 70.2 Å². The molecule has 5 nitrogen and oxygen atoms in total. The number of carbonyl (C=O) groups is 2. The van der Waals surface area contributed by atoms with Gasteiger partial charge in [0.15, 0.2) is 0 Å². The highest BCUT2D eigenvalue weighted by Gasteiger charge is 2.45. The van der Waals surface area contributed by atoms with Crippen molar-refractivity contribution in [3.8, 4) is 0 Å². The Labute approximate surface area is 151 Å². The molecule has 1 aliphatic rings. The third-order valence-electron chi connectivity index (χ3n) is 4.65. The smallest absolute Gasteiger partial charge is 0.318 e. The molecule has 6 heteroatoms. The van der Waals surface area contributed by atoms with Crippen molar-refractivity contribution in [2.24, 2.45) is 0 Å². The van der Waals surface area contributed by atoms with E-state index in [2.05, 4.69) is 16.0 Å². The van der Waals surface area contributed by atoms with Gasteiger partial charge >= 0.3 is 6.03 Å². The van der Waals surface area contributed by atoms with Crippen molar-refractivity contribution in [2.75, 3.05) is 17.7 Å². The van der Waals surface area contributed by atoms with E-state index < -0.39 is 5.41 Å². The van der Waals surface area contributed by atoms with Crippen molar-refractivity contribution in [3.63, 3.8) is 0 Å². The van der Waals surface area contributed by atoms with Gasteiger partial charge in [0, 0.05) is 23.4 Å². The fourth-order valence-corrected chi connectivity index (χ4v) is 3.23. The van der Waals surface area contributed by atoms with E-state index in [9.17, 15) is 9.59 Å². The van der Waals surface area contributed by atoms with Crippen LogP contribution in [0.25, 0.3) is 0 Å². The van der Waals surface area contributed by atoms with Crippen LogP contribution in [0.3, 0.4) is 0 Å². The molecule has 0 saturated heterocycles. The number of carbonyl (C=O) groups excluding carboxylic acids is 2. The zero-order valence-corrected chi connectivity index (χ0v) is 14.7. The third-order valence-corrected chi connectivity index (χ3v) is 4.88. The molecule has 1 fully saturated rings. The standard InChI is InChI=1S/C19H20ClN3O2/c1-21-18(25)23-16-8-6-15(7-9-16)22-17(24)19(10-3-11-19)13-4-2-5-14(20)12-13/h2,4-9,12H,3,10-11H2,1H3,(H,22,24)(H2,21,23,25). The first-order valence-electron chi connectivity index (χ1n) is 8.20. The number of rotatable bonds is 4. The summed E-state index contributed by atoms with van der Waals surface area (Å²) in [6.07, 6.45) is 2.65. The summed E-state index contributed by atoms with van der Waals surface area (Å²) in [5, 5.41) is 8.79. The maximum absolute atomic E-state index is 12.9. The normalized spacial score (nSPS) is 15.0. The second kappa shape index (κ2) is 7.15. The number of hydrogen-bond donors (Lipinski definition) is 3. The molecule has 130 valence electrons. The minimum absolute atomic E-state index is 0.0203. The Hall–Kier alpha value is -2.53. The van der Waals surface area contributed by atoms with Gasteiger partial charge in [-0.05, 0) is 54.8 Å². The van der Waals surface area contributed by atoms with Crippen molar-refractivity contribution in [1.82, 2.24) is 5.32 Å². The summed E-state index contributed by atoms with van der Waals surface area (Å²) >= 11 is 6.10. The zero-order valence-electron chi connectivity index (χ0n) is 13.9. The monoisotopic (exact) mass is 357 g/mol. The molecule has 0 heterocycles. The maximum Gasteiger partial charge on any atom is 0.318 e. The van der Waals surface area contributed by atoms with Crippen LogP contribution in [0.5, 0.6) is 0 Å². The number of hydrogen-bond acceptors (Lipinski definition) is 2. The highest BCUT2D eigenvalue weighted by Crippen LogP contribution is 2.45. The zero-order chi connectivity index (χ0) is 17.9. The predicted octanol–water partition coefficient (Wildman–Crippen LogP) is 4.15. The molecule has 1 aliphatic carbocycles. The molecule has 0 aromatic heterocycles. The Balaban J connectivity index is 1.73. The van der Waals surface area contributed by atoms with Crippen molar-refractivity contribution in [3.05, 3.63) is 59.1 Å². The van der Waals surface area contributed by atoms with E-state index in [1.807, 2.05) is 24.3 Å². The molecule has 3 N–H and O–H groups in total. The Morgan fingerprint density at radius 3 is 2.16 bits per heavy atom. The largest absolute Gasteiger partial charge is 0.341 e. The highest BCUT2D eigenvalue weighted by atomic mass is 35.5. The molecule has 3 rings (SSSR count). The lowest BCUT2D eigenvalue weighted by Crippen LogP contribution is -2.46. The van der Waals surface area contributed by atoms with Crippen LogP contribution < -0.4 is 16.0 Å². The Kier molecular flexibility index (Phi) is 4.95. The SMILES string of the molecule is CNC(=O)Nc1ccc(NC(=O)C2(c3cccc(Cl)c3)CCC2)cc1. The van der Waals surface area contributed by atoms with Gasteiger partial charge < -0.3 is 16.0 Å². The Morgan fingerprint density at radius 2 is 1.64 bits per heavy atom. The average molecular weight is 358 g/mol. The summed E-state index contributed by atoms with van der Waals surface area (Å²) in [4.78, 5) is 24.2. The Bertz CT molecular complexity index is 786. The van der Waals surface area contributed by atoms with Crippen LogP contribution in [0.15, 0.2) is 48.5 Å². The van der Waals surface area contributed by atoms with Crippen LogP contribution in [0.4, 0.5) is 16.2 Å². The van der Waals surface area contributed by atoms with Gasteiger partial charge in [-0.1, -0.05) is 30.2 Å². The van der Waals surface area contributed by atoms with Crippen molar-refractivity contribution >= 4 is 34.9 Å². The molecule has 0 unspecified atom stereocenters. The summed E-state index contributed by atoms with van der Waals surface area (Å²) in [5.74, 6) is -0.0203. The summed E-state index contributed by atoms with van der Waals surface area (Å²) in [7, 11) is 1.55. The van der Waals surface area contributed by atoms with Crippen LogP contribution in [-0.2, 0) is 10.2 Å². The van der Waals surface area contributed by atoms with Gasteiger partial charge in [0.1, 0.15) is 0 Å². The molecule has 0 bridgehead atoms. The van der Waals surface area contributed by atoms with E-state index in [-0.39, 0.29) is 11.9 Å². The van der Waals surface area contributed by atoms with E-state index in [4.69, 9.17) is 11.6 Å². The fraction of sp³-hybridized carbons (Fsp3) is 0.263. The first-order chi connectivity index (χ1) is 12.0. The molecule has 2 aromatic rings. The number of nitrogens with one attached hydrogen (secondary N) is 3. The van der Waals surface area contributed by atoms with Crippen LogP contribution in [0.1, 0.15) is 24.8 Å². The molecule has 2 aromatic carbocycles. The fourth-order valence-electron chi connectivity index (χ4n) is 3.04. The van der Waals surface area contributed by atoms with Crippen LogP contribution in [0.2, 0.25) is 5.02 Å². The first-order valence-corrected chi connectivity index (χ1v) is 8.58. The minimum atomic E-state index is -0.510. The molecular weight excluding hydrogens is 338 g/mol. The maximum atomic E-state index is 12.9. The van der Waals surface area contributed by atoms with Gasteiger partial charge in [-0.15, -0.1) is 0 Å². The lowest BCUT2D eigenvalue weighted by molar-refractivity contribution is -0.124. The third kappa shape index (κ3) is 3.61. The van der Waals surface area contributed by atoms with E-state index >= 15 is 0 Å². The van der Waals surface area contributed by atoms with Crippen molar-refractivity contribution in [1.29, 1.82) is 0 Å². The highest BCUT2D eigenvalue weighted by molar-refractivity contribution is 6.30. The molecular formula is C19H20ClN3O2. The second-order valence-corrected chi connectivity index (χ2v) is 6.62. The summed E-state index contributed by atoms with van der Waals surface area (Å²) in [6.45, 7) is 0. The number of halogens is 1. The van der Waals surface area contributed by atoms with E-state index in [1.165, 1.54) is 0 Å². The minimum Gasteiger partial charge on any atom is -0.341 e. The molecule has 0 aliphatic heterocycles. The van der Waals surface area contributed by atoms with Crippen LogP contribution in [0, 0.1) is 0 Å². The molecule has 0 spiro atoms. The lowest BCUT2D eigenvalue weighted by atomic mass is 9.64. The van der Waals surface area contributed by atoms with Gasteiger partial charge in [-0.2, -0.15) is 0 Å². The second-order valence-electron chi connectivity index (χ2n) is 6.18. The van der Waals surface area contributed by atoms with E-state index in [0.29, 0.717) is 16.4 Å². The number of benzene rings is 2. The van der Waals surface area contributed by atoms with Gasteiger partial charge in [0.2, 0.25) is 5.91 Å². The van der Waals surface area contributed by atoms with Gasteiger partial charge in [-0.3, -0.25) is 4.79 Å². The predicted molar refractivity (Wildman–Crippen MR) is 100 cm³/mol. The number of urea groups is 1. The molecule has 3 amide bonds. The molecule has 1 saturated carbocycles. The lowest BCUT2D eigenvalue weighted by Gasteiger charge is -2.40. The molecule has 25 heavy (non-hydrogen) atoms. The molecule has 0 radical (unpaired) electrons. The van der Waals surface area contributed by atoms with Crippen molar-refractivity contribution in [2.45, 2.75) is 24.7 Å². The van der Waals surface area contributed by atoms with E-state index in [0.717, 1.165) is 24.8 Å². The summed E-state index contributed by atoms with van der Waals surface area (Å²) in [5.41, 5.74) is 1.80.